The Hall–Kier alpha value is -4.64. The maximum absolute atomic E-state index is 12.8. The van der Waals surface area contributed by atoms with E-state index in [1.165, 1.54) is 48.5 Å². The number of carbonyl (C=O) groups is 2. The highest BCUT2D eigenvalue weighted by Crippen LogP contribution is 2.26. The molecule has 35 heavy (non-hydrogen) atoms. The van der Waals surface area contributed by atoms with Gasteiger partial charge in [-0.1, -0.05) is 36.4 Å². The molecule has 0 unspecified atom stereocenters. The van der Waals surface area contributed by atoms with Gasteiger partial charge in [-0.15, -0.1) is 0 Å². The first-order chi connectivity index (χ1) is 16.9. The smallest absolute Gasteiger partial charge is 0.272 e. The van der Waals surface area contributed by atoms with Crippen molar-refractivity contribution in [3.8, 4) is 11.4 Å². The molecule has 3 aromatic carbocycles. The molecule has 0 aliphatic rings. The highest BCUT2D eigenvalue weighted by Gasteiger charge is 2.19. The van der Waals surface area contributed by atoms with E-state index < -0.39 is 21.8 Å². The maximum atomic E-state index is 12.8. The van der Waals surface area contributed by atoms with Crippen molar-refractivity contribution in [2.45, 2.75) is 4.90 Å². The molecule has 0 aliphatic heterocycles. The van der Waals surface area contributed by atoms with Crippen molar-refractivity contribution in [2.24, 2.45) is 0 Å². The summed E-state index contributed by atoms with van der Waals surface area (Å²) < 4.78 is 34.8. The molecule has 4 aromatic rings. The Morgan fingerprint density at radius 2 is 1.54 bits per heavy atom. The van der Waals surface area contributed by atoms with Gasteiger partial charge in [-0.2, -0.15) is 5.10 Å². The fourth-order valence-electron chi connectivity index (χ4n) is 3.16. The Kier molecular flexibility index (Phi) is 6.78. The molecule has 0 spiro atoms. The van der Waals surface area contributed by atoms with Crippen LogP contribution in [0.25, 0.3) is 5.69 Å². The van der Waals surface area contributed by atoms with Crippen LogP contribution in [0.5, 0.6) is 5.75 Å². The first-order valence-corrected chi connectivity index (χ1v) is 11.8. The van der Waals surface area contributed by atoms with Gasteiger partial charge in [0.05, 0.1) is 35.1 Å². The third kappa shape index (κ3) is 5.47. The van der Waals surface area contributed by atoms with E-state index in [1.54, 1.807) is 24.3 Å². The van der Waals surface area contributed by atoms with Gasteiger partial charge in [0, 0.05) is 11.8 Å². The number of hydrogen-bond acceptors (Lipinski definition) is 6. The summed E-state index contributed by atoms with van der Waals surface area (Å²) in [5.41, 5.74) is 5.88. The molecule has 0 atom stereocenters. The van der Waals surface area contributed by atoms with Crippen LogP contribution in [0.15, 0.2) is 96.2 Å². The molecule has 2 amide bonds. The SMILES string of the molecule is COc1ccccc1NS(=O)(=O)c1cccc(C(=O)NNC(=O)c2cnn(-c3ccccc3)c2)c1. The van der Waals surface area contributed by atoms with Crippen LogP contribution < -0.4 is 20.3 Å². The molecule has 178 valence electrons. The third-order valence-electron chi connectivity index (χ3n) is 4.91. The third-order valence-corrected chi connectivity index (χ3v) is 6.28. The summed E-state index contributed by atoms with van der Waals surface area (Å²) in [7, 11) is -2.58. The number of benzene rings is 3. The zero-order valence-electron chi connectivity index (χ0n) is 18.5. The number of rotatable bonds is 7. The Morgan fingerprint density at radius 3 is 2.29 bits per heavy atom. The first-order valence-electron chi connectivity index (χ1n) is 10.3. The van der Waals surface area contributed by atoms with Gasteiger partial charge in [-0.3, -0.25) is 25.2 Å². The summed E-state index contributed by atoms with van der Waals surface area (Å²) in [6.45, 7) is 0. The highest BCUT2D eigenvalue weighted by molar-refractivity contribution is 7.92. The Morgan fingerprint density at radius 1 is 0.857 bits per heavy atom. The number of methoxy groups -OCH3 is 1. The van der Waals surface area contributed by atoms with Crippen LogP contribution in [-0.2, 0) is 10.0 Å². The molecule has 11 heteroatoms. The van der Waals surface area contributed by atoms with Crippen molar-refractivity contribution in [2.75, 3.05) is 11.8 Å². The number of para-hydroxylation sites is 3. The number of aromatic nitrogens is 2. The molecule has 0 aliphatic carbocycles. The molecule has 1 heterocycles. The molecule has 0 saturated heterocycles. The average molecular weight is 492 g/mol. The van der Waals surface area contributed by atoms with E-state index in [4.69, 9.17) is 4.74 Å². The van der Waals surface area contributed by atoms with Crippen molar-refractivity contribution >= 4 is 27.5 Å². The van der Waals surface area contributed by atoms with Crippen LogP contribution >= 0.6 is 0 Å². The van der Waals surface area contributed by atoms with E-state index in [0.717, 1.165) is 5.69 Å². The van der Waals surface area contributed by atoms with Gasteiger partial charge in [0.2, 0.25) is 0 Å². The van der Waals surface area contributed by atoms with E-state index >= 15 is 0 Å². The minimum absolute atomic E-state index is 0.0354. The predicted molar refractivity (Wildman–Crippen MR) is 129 cm³/mol. The summed E-state index contributed by atoms with van der Waals surface area (Å²) in [6.07, 6.45) is 2.89. The first kappa shape index (κ1) is 23.5. The number of anilines is 1. The van der Waals surface area contributed by atoms with E-state index in [2.05, 4.69) is 20.7 Å². The fraction of sp³-hybridized carbons (Fsp3) is 0.0417. The molecule has 0 fully saturated rings. The minimum Gasteiger partial charge on any atom is -0.495 e. The molecular weight excluding hydrogens is 470 g/mol. The van der Waals surface area contributed by atoms with Crippen molar-refractivity contribution in [3.05, 3.63) is 102 Å². The van der Waals surface area contributed by atoms with E-state index in [1.807, 2.05) is 30.3 Å². The average Bonchev–Trinajstić information content (AvgIpc) is 3.38. The second kappa shape index (κ2) is 10.1. The van der Waals surface area contributed by atoms with Gasteiger partial charge >= 0.3 is 0 Å². The monoisotopic (exact) mass is 491 g/mol. The van der Waals surface area contributed by atoms with Crippen LogP contribution in [0.2, 0.25) is 0 Å². The van der Waals surface area contributed by atoms with E-state index in [-0.39, 0.29) is 21.7 Å². The quantitative estimate of drug-likeness (QED) is 0.341. The molecule has 0 bridgehead atoms. The predicted octanol–water partition coefficient (Wildman–Crippen LogP) is 2.76. The number of hydrazine groups is 1. The summed E-state index contributed by atoms with van der Waals surface area (Å²) >= 11 is 0. The highest BCUT2D eigenvalue weighted by atomic mass is 32.2. The summed E-state index contributed by atoms with van der Waals surface area (Å²) in [5.74, 6) is -0.923. The number of ether oxygens (including phenoxy) is 1. The van der Waals surface area contributed by atoms with Crippen molar-refractivity contribution in [3.63, 3.8) is 0 Å². The fourth-order valence-corrected chi connectivity index (χ4v) is 4.27. The summed E-state index contributed by atoms with van der Waals surface area (Å²) in [6, 6.07) is 21.2. The van der Waals surface area contributed by atoms with Crippen LogP contribution in [0, 0.1) is 0 Å². The summed E-state index contributed by atoms with van der Waals surface area (Å²) in [4.78, 5) is 24.8. The number of carbonyl (C=O) groups excluding carboxylic acids is 2. The van der Waals surface area contributed by atoms with Crippen LogP contribution in [0.3, 0.4) is 0 Å². The van der Waals surface area contributed by atoms with Gasteiger partial charge in [0.25, 0.3) is 21.8 Å². The van der Waals surface area contributed by atoms with Crippen molar-refractivity contribution in [1.29, 1.82) is 0 Å². The van der Waals surface area contributed by atoms with Crippen LogP contribution in [0.4, 0.5) is 5.69 Å². The maximum Gasteiger partial charge on any atom is 0.272 e. The van der Waals surface area contributed by atoms with E-state index in [9.17, 15) is 18.0 Å². The molecule has 3 N–H and O–H groups in total. The molecule has 4 rings (SSSR count). The molecular formula is C24H21N5O5S. The minimum atomic E-state index is -4.01. The lowest BCUT2D eigenvalue weighted by Crippen LogP contribution is -2.41. The number of hydrogen-bond donors (Lipinski definition) is 3. The molecule has 10 nitrogen and oxygen atoms in total. The topological polar surface area (TPSA) is 131 Å². The summed E-state index contributed by atoms with van der Waals surface area (Å²) in [5, 5.41) is 4.14. The van der Waals surface area contributed by atoms with E-state index in [0.29, 0.717) is 5.75 Å². The molecule has 0 radical (unpaired) electrons. The lowest BCUT2D eigenvalue weighted by molar-refractivity contribution is 0.0846. The van der Waals surface area contributed by atoms with Gasteiger partial charge in [0.1, 0.15) is 5.75 Å². The standard InChI is InChI=1S/C24H21N5O5S/c1-34-22-13-6-5-12-21(22)28-35(32,33)20-11-7-8-17(14-20)23(30)26-27-24(31)18-15-25-29(16-18)19-9-3-2-4-10-19/h2-16,28H,1H3,(H,26,30)(H,27,31). The Bertz CT molecular complexity index is 1470. The largest absolute Gasteiger partial charge is 0.495 e. The molecule has 1 aromatic heterocycles. The number of nitrogens with one attached hydrogen (secondary N) is 3. The lowest BCUT2D eigenvalue weighted by Gasteiger charge is -2.12. The van der Waals surface area contributed by atoms with Gasteiger partial charge < -0.3 is 4.74 Å². The number of nitrogens with zero attached hydrogens (tertiary/aromatic N) is 2. The Balaban J connectivity index is 1.42. The van der Waals surface area contributed by atoms with Crippen molar-refractivity contribution in [1.82, 2.24) is 20.6 Å². The number of amides is 2. The Labute approximate surface area is 201 Å². The zero-order chi connectivity index (χ0) is 24.8. The second-order valence-electron chi connectivity index (χ2n) is 7.25. The van der Waals surface area contributed by atoms with Crippen molar-refractivity contribution < 1.29 is 22.7 Å². The normalized spacial score (nSPS) is 10.9. The van der Waals surface area contributed by atoms with Crippen LogP contribution in [-0.4, -0.2) is 37.1 Å². The number of sulfonamides is 1. The van der Waals surface area contributed by atoms with Gasteiger partial charge in [0.15, 0.2) is 0 Å². The zero-order valence-corrected chi connectivity index (χ0v) is 19.3. The second-order valence-corrected chi connectivity index (χ2v) is 8.93. The lowest BCUT2D eigenvalue weighted by atomic mass is 10.2. The van der Waals surface area contributed by atoms with Crippen LogP contribution in [0.1, 0.15) is 20.7 Å². The van der Waals surface area contributed by atoms with Gasteiger partial charge in [-0.25, -0.2) is 13.1 Å². The van der Waals surface area contributed by atoms with Gasteiger partial charge in [-0.05, 0) is 42.5 Å². The molecule has 0 saturated carbocycles.